The average Bonchev–Trinajstić information content (AvgIpc) is 2.76. The quantitative estimate of drug-likeness (QED) is 0.492. The summed E-state index contributed by atoms with van der Waals surface area (Å²) < 4.78 is 11.3. The molecule has 1 heterocycles. The second kappa shape index (κ2) is 10.4. The van der Waals surface area contributed by atoms with Crippen LogP contribution >= 0.6 is 0 Å². The highest BCUT2D eigenvalue weighted by atomic mass is 16.6. The first-order chi connectivity index (χ1) is 14.8. The second-order valence-corrected chi connectivity index (χ2v) is 8.73. The van der Waals surface area contributed by atoms with Crippen LogP contribution in [0.1, 0.15) is 43.1 Å². The van der Waals surface area contributed by atoms with Crippen LogP contribution in [0.3, 0.4) is 0 Å². The maximum Gasteiger partial charge on any atom is 0.410 e. The van der Waals surface area contributed by atoms with E-state index in [0.717, 1.165) is 31.8 Å². The van der Waals surface area contributed by atoms with E-state index >= 15 is 0 Å². The van der Waals surface area contributed by atoms with E-state index in [9.17, 15) is 9.59 Å². The molecular formula is C25H32N2O4. The van der Waals surface area contributed by atoms with Crippen LogP contribution in [-0.2, 0) is 4.74 Å². The third kappa shape index (κ3) is 7.10. The van der Waals surface area contributed by atoms with E-state index in [-0.39, 0.29) is 11.9 Å². The lowest BCUT2D eigenvalue weighted by atomic mass is 10.0. The summed E-state index contributed by atoms with van der Waals surface area (Å²) in [5.41, 5.74) is 0.878. The zero-order valence-electron chi connectivity index (χ0n) is 18.7. The second-order valence-electron chi connectivity index (χ2n) is 8.73. The minimum atomic E-state index is -0.460. The van der Waals surface area contributed by atoms with Crippen molar-refractivity contribution in [1.29, 1.82) is 0 Å². The number of hydrogen-bond donors (Lipinski definition) is 0. The summed E-state index contributed by atoms with van der Waals surface area (Å²) in [6.07, 6.45) is 0.668. The van der Waals surface area contributed by atoms with Gasteiger partial charge >= 0.3 is 6.09 Å². The molecule has 0 radical (unpaired) electrons. The minimum Gasteiger partial charge on any atom is -0.494 e. The number of carbonyl (C=O) groups is 2. The Balaban J connectivity index is 1.35. The molecule has 166 valence electrons. The van der Waals surface area contributed by atoms with Gasteiger partial charge in [-0.1, -0.05) is 30.3 Å². The lowest BCUT2D eigenvalue weighted by Gasteiger charge is -2.35. The topological polar surface area (TPSA) is 59.1 Å². The summed E-state index contributed by atoms with van der Waals surface area (Å²) >= 11 is 0. The van der Waals surface area contributed by atoms with Crippen molar-refractivity contribution in [2.75, 3.05) is 39.3 Å². The van der Waals surface area contributed by atoms with Gasteiger partial charge in [-0.05, 0) is 51.5 Å². The number of amides is 1. The largest absolute Gasteiger partial charge is 0.494 e. The third-order valence-electron chi connectivity index (χ3n) is 5.06. The molecule has 0 atom stereocenters. The molecule has 31 heavy (non-hydrogen) atoms. The molecule has 1 saturated heterocycles. The molecule has 6 heteroatoms. The van der Waals surface area contributed by atoms with Gasteiger partial charge in [-0.2, -0.15) is 0 Å². The summed E-state index contributed by atoms with van der Waals surface area (Å²) in [6.45, 7) is 10.2. The predicted octanol–water partition coefficient (Wildman–Crippen LogP) is 4.24. The van der Waals surface area contributed by atoms with Crippen LogP contribution in [-0.4, -0.2) is 66.6 Å². The van der Waals surface area contributed by atoms with E-state index in [0.29, 0.717) is 30.8 Å². The number of ether oxygens (including phenoxy) is 2. The zero-order valence-corrected chi connectivity index (χ0v) is 18.7. The summed E-state index contributed by atoms with van der Waals surface area (Å²) in [7, 11) is 0. The number of hydrogen-bond acceptors (Lipinski definition) is 5. The van der Waals surface area contributed by atoms with Crippen molar-refractivity contribution in [2.45, 2.75) is 32.8 Å². The van der Waals surface area contributed by atoms with Crippen LogP contribution in [0, 0.1) is 0 Å². The van der Waals surface area contributed by atoms with E-state index in [1.54, 1.807) is 17.0 Å². The van der Waals surface area contributed by atoms with Crippen molar-refractivity contribution in [1.82, 2.24) is 9.80 Å². The van der Waals surface area contributed by atoms with Gasteiger partial charge in [0.25, 0.3) is 0 Å². The Kier molecular flexibility index (Phi) is 7.69. The molecular weight excluding hydrogens is 392 g/mol. The molecule has 0 spiro atoms. The zero-order chi connectivity index (χ0) is 22.3. The maximum absolute atomic E-state index is 12.4. The molecule has 3 rings (SSSR count). The lowest BCUT2D eigenvalue weighted by Crippen LogP contribution is -2.50. The standard InChI is InChI=1S/C25H32N2O4/c1-25(2,3)31-24(29)27-17-15-26(16-18-27)14-7-19-30-22-12-10-21(11-13-22)23(28)20-8-5-4-6-9-20/h4-6,8-13H,7,14-19H2,1-3H3. The van der Waals surface area contributed by atoms with Crippen LogP contribution in [0.5, 0.6) is 5.75 Å². The fourth-order valence-corrected chi connectivity index (χ4v) is 3.42. The monoisotopic (exact) mass is 424 g/mol. The summed E-state index contributed by atoms with van der Waals surface area (Å²) in [4.78, 5) is 28.7. The predicted molar refractivity (Wildman–Crippen MR) is 121 cm³/mol. The molecule has 1 amide bonds. The molecule has 0 aromatic heterocycles. The highest BCUT2D eigenvalue weighted by Crippen LogP contribution is 2.16. The molecule has 0 saturated carbocycles. The Labute approximate surface area is 184 Å². The van der Waals surface area contributed by atoms with Crippen LogP contribution in [0.15, 0.2) is 54.6 Å². The van der Waals surface area contributed by atoms with Gasteiger partial charge in [-0.25, -0.2) is 4.79 Å². The number of rotatable bonds is 7. The van der Waals surface area contributed by atoms with Gasteiger partial charge in [-0.15, -0.1) is 0 Å². The minimum absolute atomic E-state index is 0.0117. The molecule has 2 aromatic rings. The van der Waals surface area contributed by atoms with E-state index in [1.807, 2.05) is 63.2 Å². The Morgan fingerprint density at radius 2 is 1.48 bits per heavy atom. The average molecular weight is 425 g/mol. The van der Waals surface area contributed by atoms with E-state index in [4.69, 9.17) is 9.47 Å². The van der Waals surface area contributed by atoms with Crippen LogP contribution in [0.4, 0.5) is 4.79 Å². The number of piperazine rings is 1. The van der Waals surface area contributed by atoms with E-state index in [1.165, 1.54) is 0 Å². The maximum atomic E-state index is 12.4. The van der Waals surface area contributed by atoms with Crippen molar-refractivity contribution in [3.63, 3.8) is 0 Å². The highest BCUT2D eigenvalue weighted by Gasteiger charge is 2.25. The van der Waals surface area contributed by atoms with Crippen molar-refractivity contribution in [3.05, 3.63) is 65.7 Å². The van der Waals surface area contributed by atoms with Gasteiger partial charge in [0.15, 0.2) is 5.78 Å². The third-order valence-corrected chi connectivity index (χ3v) is 5.06. The van der Waals surface area contributed by atoms with Gasteiger partial charge in [0, 0.05) is 43.9 Å². The molecule has 2 aromatic carbocycles. The van der Waals surface area contributed by atoms with Gasteiger partial charge in [0.05, 0.1) is 6.61 Å². The Morgan fingerprint density at radius 1 is 0.871 bits per heavy atom. The molecule has 0 bridgehead atoms. The molecule has 0 unspecified atom stereocenters. The van der Waals surface area contributed by atoms with Crippen LogP contribution in [0.25, 0.3) is 0 Å². The van der Waals surface area contributed by atoms with E-state index < -0.39 is 5.60 Å². The van der Waals surface area contributed by atoms with Gasteiger partial charge < -0.3 is 14.4 Å². The van der Waals surface area contributed by atoms with E-state index in [2.05, 4.69) is 4.90 Å². The first-order valence-corrected chi connectivity index (χ1v) is 10.8. The molecule has 0 N–H and O–H groups in total. The SMILES string of the molecule is CC(C)(C)OC(=O)N1CCN(CCCOc2ccc(C(=O)c3ccccc3)cc2)CC1. The van der Waals surface area contributed by atoms with Gasteiger partial charge in [0.2, 0.25) is 0 Å². The van der Waals surface area contributed by atoms with Crippen LogP contribution in [0.2, 0.25) is 0 Å². The Bertz CT molecular complexity index is 851. The van der Waals surface area contributed by atoms with Crippen molar-refractivity contribution in [2.24, 2.45) is 0 Å². The first kappa shape index (κ1) is 22.8. The van der Waals surface area contributed by atoms with Gasteiger partial charge in [0.1, 0.15) is 11.4 Å². The first-order valence-electron chi connectivity index (χ1n) is 10.8. The number of ketones is 1. The summed E-state index contributed by atoms with van der Waals surface area (Å²) in [5, 5.41) is 0. The molecule has 1 fully saturated rings. The Hall–Kier alpha value is -2.86. The summed E-state index contributed by atoms with van der Waals surface area (Å²) in [6, 6.07) is 16.6. The molecule has 6 nitrogen and oxygen atoms in total. The molecule has 1 aliphatic rings. The van der Waals surface area contributed by atoms with Gasteiger partial charge in [-0.3, -0.25) is 9.69 Å². The molecule has 0 aliphatic carbocycles. The van der Waals surface area contributed by atoms with Crippen molar-refractivity contribution in [3.8, 4) is 5.75 Å². The van der Waals surface area contributed by atoms with Crippen molar-refractivity contribution >= 4 is 11.9 Å². The fourth-order valence-electron chi connectivity index (χ4n) is 3.42. The number of benzene rings is 2. The normalized spacial score (nSPS) is 14.9. The number of nitrogens with zero attached hydrogens (tertiary/aromatic N) is 2. The number of carbonyl (C=O) groups excluding carboxylic acids is 2. The Morgan fingerprint density at radius 3 is 2.10 bits per heavy atom. The smallest absolute Gasteiger partial charge is 0.410 e. The highest BCUT2D eigenvalue weighted by molar-refractivity contribution is 6.08. The lowest BCUT2D eigenvalue weighted by molar-refractivity contribution is 0.0142. The van der Waals surface area contributed by atoms with Crippen molar-refractivity contribution < 1.29 is 19.1 Å². The summed E-state index contributed by atoms with van der Waals surface area (Å²) in [5.74, 6) is 0.775. The molecule has 1 aliphatic heterocycles. The fraction of sp³-hybridized carbons (Fsp3) is 0.440. The van der Waals surface area contributed by atoms with Crippen LogP contribution < -0.4 is 4.74 Å².